The van der Waals surface area contributed by atoms with Gasteiger partial charge in [-0.2, -0.15) is 0 Å². The van der Waals surface area contributed by atoms with Crippen molar-refractivity contribution in [3.63, 3.8) is 0 Å². The number of carbonyl (C=O) groups is 3. The molecule has 27 heavy (non-hydrogen) atoms. The second kappa shape index (κ2) is 17.6. The fourth-order valence-electron chi connectivity index (χ4n) is 2.88. The van der Waals surface area contributed by atoms with Crippen LogP contribution in [0, 0.1) is 0 Å². The number of aliphatic carboxylic acids is 1. The van der Waals surface area contributed by atoms with Crippen molar-refractivity contribution in [1.29, 1.82) is 0 Å². The average molecular weight is 383 g/mol. The third-order valence-electron chi connectivity index (χ3n) is 4.54. The number of hydrogen-bond acceptors (Lipinski definition) is 3. The van der Waals surface area contributed by atoms with Crippen molar-refractivity contribution in [3.05, 3.63) is 12.7 Å². The molecule has 0 aromatic carbocycles. The maximum Gasteiger partial charge on any atom is 0.326 e. The highest BCUT2D eigenvalue weighted by Gasteiger charge is 2.18. The largest absolute Gasteiger partial charge is 0.480 e. The maximum atomic E-state index is 11.9. The molecule has 0 spiro atoms. The van der Waals surface area contributed by atoms with E-state index in [4.69, 9.17) is 0 Å². The molecule has 0 radical (unpaired) electrons. The quantitative estimate of drug-likeness (QED) is 0.247. The molecule has 0 aliphatic heterocycles. The van der Waals surface area contributed by atoms with Crippen molar-refractivity contribution < 1.29 is 19.5 Å². The number of hydrogen-bond donors (Lipinski definition) is 3. The van der Waals surface area contributed by atoms with Gasteiger partial charge in [0.1, 0.15) is 6.04 Å². The van der Waals surface area contributed by atoms with E-state index in [0.717, 1.165) is 19.3 Å². The lowest BCUT2D eigenvalue weighted by Crippen LogP contribution is -2.40. The lowest BCUT2D eigenvalue weighted by atomic mass is 10.1. The molecule has 0 fully saturated rings. The molecule has 0 bridgehead atoms. The molecule has 0 aromatic heterocycles. The van der Waals surface area contributed by atoms with Gasteiger partial charge in [0.2, 0.25) is 11.8 Å². The monoisotopic (exact) mass is 382 g/mol. The molecule has 6 nitrogen and oxygen atoms in total. The predicted octanol–water partition coefficient (Wildman–Crippen LogP) is 3.95. The molecule has 2 amide bonds. The predicted molar refractivity (Wildman–Crippen MR) is 108 cm³/mol. The summed E-state index contributed by atoms with van der Waals surface area (Å²) in [5.74, 6) is -1.44. The Kier molecular flexibility index (Phi) is 16.4. The summed E-state index contributed by atoms with van der Waals surface area (Å²) >= 11 is 0. The van der Waals surface area contributed by atoms with Gasteiger partial charge in [-0.1, -0.05) is 64.9 Å². The number of carbonyl (C=O) groups excluding carboxylic acids is 2. The van der Waals surface area contributed by atoms with Gasteiger partial charge in [-0.25, -0.2) is 4.79 Å². The topological polar surface area (TPSA) is 95.5 Å². The minimum Gasteiger partial charge on any atom is -0.480 e. The van der Waals surface area contributed by atoms with Crippen molar-refractivity contribution in [2.75, 3.05) is 6.54 Å². The molecule has 0 rings (SSSR count). The van der Waals surface area contributed by atoms with E-state index in [1.165, 1.54) is 44.6 Å². The van der Waals surface area contributed by atoms with Crippen molar-refractivity contribution in [2.45, 2.75) is 96.4 Å². The number of nitrogens with one attached hydrogen (secondary N) is 2. The Hall–Kier alpha value is -1.85. The molecule has 0 aromatic rings. The van der Waals surface area contributed by atoms with Gasteiger partial charge in [0, 0.05) is 13.0 Å². The Labute approximate surface area is 164 Å². The molecule has 6 heteroatoms. The van der Waals surface area contributed by atoms with Gasteiger partial charge in [0.05, 0.1) is 0 Å². The summed E-state index contributed by atoms with van der Waals surface area (Å²) in [4.78, 5) is 34.2. The number of unbranched alkanes of at least 4 members (excludes halogenated alkanes) is 9. The van der Waals surface area contributed by atoms with Crippen LogP contribution in [0.25, 0.3) is 0 Å². The SMILES string of the molecule is C=CC(=O)NCCCCC(NC(=O)CCCCCCCCCCC)C(=O)O. The summed E-state index contributed by atoms with van der Waals surface area (Å²) in [7, 11) is 0. The van der Waals surface area contributed by atoms with Crippen molar-refractivity contribution in [2.24, 2.45) is 0 Å². The first-order valence-corrected chi connectivity index (χ1v) is 10.4. The van der Waals surface area contributed by atoms with Crippen LogP contribution < -0.4 is 10.6 Å². The highest BCUT2D eigenvalue weighted by atomic mass is 16.4. The third kappa shape index (κ3) is 16.1. The van der Waals surface area contributed by atoms with E-state index in [1.54, 1.807) is 0 Å². The first-order chi connectivity index (χ1) is 13.0. The van der Waals surface area contributed by atoms with Crippen LogP contribution in [0.5, 0.6) is 0 Å². The smallest absolute Gasteiger partial charge is 0.326 e. The van der Waals surface area contributed by atoms with Crippen LogP contribution >= 0.6 is 0 Å². The lowest BCUT2D eigenvalue weighted by Gasteiger charge is -2.14. The molecule has 0 saturated carbocycles. The van der Waals surface area contributed by atoms with E-state index in [1.807, 2.05) is 0 Å². The Bertz CT molecular complexity index is 438. The van der Waals surface area contributed by atoms with Gasteiger partial charge in [0.15, 0.2) is 0 Å². The molecule has 156 valence electrons. The maximum absolute atomic E-state index is 11.9. The highest BCUT2D eigenvalue weighted by Crippen LogP contribution is 2.10. The lowest BCUT2D eigenvalue weighted by molar-refractivity contribution is -0.142. The summed E-state index contributed by atoms with van der Waals surface area (Å²) in [6.45, 7) is 6.05. The minimum atomic E-state index is -1.01. The molecular weight excluding hydrogens is 344 g/mol. The van der Waals surface area contributed by atoms with Crippen molar-refractivity contribution in [1.82, 2.24) is 10.6 Å². The van der Waals surface area contributed by atoms with Gasteiger partial charge in [-0.3, -0.25) is 9.59 Å². The molecule has 0 aliphatic rings. The van der Waals surface area contributed by atoms with E-state index in [-0.39, 0.29) is 11.8 Å². The summed E-state index contributed by atoms with van der Waals surface area (Å²) in [5, 5.41) is 14.5. The van der Waals surface area contributed by atoms with Crippen LogP contribution in [-0.2, 0) is 14.4 Å². The average Bonchev–Trinajstić information content (AvgIpc) is 2.65. The van der Waals surface area contributed by atoms with Gasteiger partial charge < -0.3 is 15.7 Å². The van der Waals surface area contributed by atoms with E-state index in [9.17, 15) is 19.5 Å². The molecule has 3 N–H and O–H groups in total. The second-order valence-electron chi connectivity index (χ2n) is 7.03. The normalized spacial score (nSPS) is 11.6. The molecular formula is C21H38N2O4. The molecule has 0 saturated heterocycles. The van der Waals surface area contributed by atoms with Gasteiger partial charge in [-0.05, 0) is 31.8 Å². The molecule has 1 atom stereocenters. The van der Waals surface area contributed by atoms with Gasteiger partial charge in [0.25, 0.3) is 0 Å². The first kappa shape index (κ1) is 25.1. The van der Waals surface area contributed by atoms with E-state index < -0.39 is 12.0 Å². The fourth-order valence-corrected chi connectivity index (χ4v) is 2.88. The Morgan fingerprint density at radius 2 is 1.52 bits per heavy atom. The number of carboxylic acid groups (broad SMARTS) is 1. The Morgan fingerprint density at radius 3 is 2.07 bits per heavy atom. The van der Waals surface area contributed by atoms with Crippen LogP contribution in [0.15, 0.2) is 12.7 Å². The Morgan fingerprint density at radius 1 is 0.926 bits per heavy atom. The van der Waals surface area contributed by atoms with Gasteiger partial charge >= 0.3 is 5.97 Å². The summed E-state index contributed by atoms with van der Waals surface area (Å²) in [5.41, 5.74) is 0. The number of amides is 2. The summed E-state index contributed by atoms with van der Waals surface area (Å²) in [6, 6.07) is -0.855. The molecule has 1 unspecified atom stereocenters. The van der Waals surface area contributed by atoms with Crippen LogP contribution in [-0.4, -0.2) is 35.5 Å². The summed E-state index contributed by atoms with van der Waals surface area (Å²) in [6.07, 6.45) is 13.9. The van der Waals surface area contributed by atoms with Gasteiger partial charge in [-0.15, -0.1) is 0 Å². The van der Waals surface area contributed by atoms with Crippen LogP contribution in [0.1, 0.15) is 90.4 Å². The zero-order valence-corrected chi connectivity index (χ0v) is 16.9. The van der Waals surface area contributed by atoms with Crippen LogP contribution in [0.2, 0.25) is 0 Å². The van der Waals surface area contributed by atoms with Crippen molar-refractivity contribution in [3.8, 4) is 0 Å². The zero-order valence-electron chi connectivity index (χ0n) is 16.9. The molecule has 0 heterocycles. The zero-order chi connectivity index (χ0) is 20.3. The van der Waals surface area contributed by atoms with Crippen LogP contribution in [0.4, 0.5) is 0 Å². The highest BCUT2D eigenvalue weighted by molar-refractivity contribution is 5.86. The Balaban J connectivity index is 3.75. The van der Waals surface area contributed by atoms with Crippen molar-refractivity contribution >= 4 is 17.8 Å². The third-order valence-corrected chi connectivity index (χ3v) is 4.54. The fraction of sp³-hybridized carbons (Fsp3) is 0.762. The number of rotatable bonds is 18. The first-order valence-electron chi connectivity index (χ1n) is 10.4. The second-order valence-corrected chi connectivity index (χ2v) is 7.03. The standard InChI is InChI=1S/C21H38N2O4/c1-3-5-6-7-8-9-10-11-12-16-20(25)23-18(21(26)27)15-13-14-17-22-19(24)4-2/h4,18H,2-3,5-17H2,1H3,(H,22,24)(H,23,25)(H,26,27). The number of carboxylic acids is 1. The molecule has 0 aliphatic carbocycles. The van der Waals surface area contributed by atoms with Crippen LogP contribution in [0.3, 0.4) is 0 Å². The van der Waals surface area contributed by atoms with E-state index in [0.29, 0.717) is 32.2 Å². The summed E-state index contributed by atoms with van der Waals surface area (Å²) < 4.78 is 0. The minimum absolute atomic E-state index is 0.190. The van der Waals surface area contributed by atoms with E-state index >= 15 is 0 Å². The van der Waals surface area contributed by atoms with E-state index in [2.05, 4.69) is 24.1 Å².